The molecule has 0 aliphatic carbocycles. The lowest BCUT2D eigenvalue weighted by Gasteiger charge is -2.08. The van der Waals surface area contributed by atoms with Gasteiger partial charge in [-0.25, -0.2) is 9.97 Å². The van der Waals surface area contributed by atoms with Crippen molar-refractivity contribution in [3.63, 3.8) is 0 Å². The van der Waals surface area contributed by atoms with Crippen molar-refractivity contribution in [2.24, 2.45) is 0 Å². The van der Waals surface area contributed by atoms with E-state index in [2.05, 4.69) is 15.3 Å². The summed E-state index contributed by atoms with van der Waals surface area (Å²) in [6.45, 7) is 2.60. The van der Waals surface area contributed by atoms with Gasteiger partial charge in [-0.2, -0.15) is 0 Å². The summed E-state index contributed by atoms with van der Waals surface area (Å²) in [4.78, 5) is 20.8. The highest BCUT2D eigenvalue weighted by Crippen LogP contribution is 2.15. The van der Waals surface area contributed by atoms with Crippen molar-refractivity contribution in [2.45, 2.75) is 13.5 Å². The van der Waals surface area contributed by atoms with Gasteiger partial charge in [0.2, 0.25) is 5.88 Å². The number of amides is 1. The Kier molecular flexibility index (Phi) is 4.43. The zero-order valence-electron chi connectivity index (χ0n) is 12.5. The van der Waals surface area contributed by atoms with Crippen molar-refractivity contribution in [3.05, 3.63) is 59.1 Å². The van der Waals surface area contributed by atoms with Crippen LogP contribution in [0, 0.1) is 0 Å². The third-order valence-corrected chi connectivity index (χ3v) is 3.42. The fourth-order valence-corrected chi connectivity index (χ4v) is 2.35. The summed E-state index contributed by atoms with van der Waals surface area (Å²) in [5.41, 5.74) is 1.92. The Morgan fingerprint density at radius 3 is 3.04 bits per heavy atom. The molecule has 0 aromatic carbocycles. The lowest BCUT2D eigenvalue weighted by Crippen LogP contribution is -2.24. The first-order valence-electron chi connectivity index (χ1n) is 7.16. The molecular weight excluding hydrogens is 316 g/mol. The van der Waals surface area contributed by atoms with E-state index < -0.39 is 0 Å². The SMILES string of the molecule is CCOc1ncccc1C(=O)NCc1cn2cc(Cl)ccc2n1. The second kappa shape index (κ2) is 6.66. The minimum Gasteiger partial charge on any atom is -0.477 e. The predicted molar refractivity (Wildman–Crippen MR) is 86.8 cm³/mol. The summed E-state index contributed by atoms with van der Waals surface area (Å²) in [6.07, 6.45) is 5.19. The molecule has 0 fully saturated rings. The van der Waals surface area contributed by atoms with E-state index in [1.807, 2.05) is 23.6 Å². The molecule has 23 heavy (non-hydrogen) atoms. The Balaban J connectivity index is 1.73. The summed E-state index contributed by atoms with van der Waals surface area (Å²) < 4.78 is 7.18. The lowest BCUT2D eigenvalue weighted by molar-refractivity contribution is 0.0946. The number of ether oxygens (including phenoxy) is 1. The maximum atomic E-state index is 12.3. The largest absolute Gasteiger partial charge is 0.477 e. The van der Waals surface area contributed by atoms with E-state index >= 15 is 0 Å². The second-order valence-electron chi connectivity index (χ2n) is 4.82. The van der Waals surface area contributed by atoms with Gasteiger partial charge >= 0.3 is 0 Å². The van der Waals surface area contributed by atoms with Crippen molar-refractivity contribution in [1.82, 2.24) is 19.7 Å². The third kappa shape index (κ3) is 3.43. The normalized spacial score (nSPS) is 10.7. The molecule has 3 aromatic rings. The zero-order chi connectivity index (χ0) is 16.2. The maximum absolute atomic E-state index is 12.3. The highest BCUT2D eigenvalue weighted by Gasteiger charge is 2.13. The Morgan fingerprint density at radius 2 is 2.22 bits per heavy atom. The van der Waals surface area contributed by atoms with Gasteiger partial charge in [-0.05, 0) is 31.2 Å². The van der Waals surface area contributed by atoms with Gasteiger partial charge in [-0.3, -0.25) is 4.79 Å². The van der Waals surface area contributed by atoms with Gasteiger partial charge in [0.15, 0.2) is 0 Å². The van der Waals surface area contributed by atoms with Crippen LogP contribution in [0.15, 0.2) is 42.9 Å². The number of carbonyl (C=O) groups excluding carboxylic acids is 1. The minimum absolute atomic E-state index is 0.253. The van der Waals surface area contributed by atoms with Gasteiger partial charge < -0.3 is 14.5 Å². The number of aromatic nitrogens is 3. The summed E-state index contributed by atoms with van der Waals surface area (Å²) in [6, 6.07) is 6.97. The maximum Gasteiger partial charge on any atom is 0.257 e. The van der Waals surface area contributed by atoms with Crippen molar-refractivity contribution in [2.75, 3.05) is 6.61 Å². The highest BCUT2D eigenvalue weighted by atomic mass is 35.5. The number of halogens is 1. The van der Waals surface area contributed by atoms with Gasteiger partial charge in [0.1, 0.15) is 11.2 Å². The molecule has 0 aliphatic rings. The van der Waals surface area contributed by atoms with E-state index in [0.29, 0.717) is 29.6 Å². The number of nitrogens with one attached hydrogen (secondary N) is 1. The summed E-state index contributed by atoms with van der Waals surface area (Å²) in [5, 5.41) is 3.45. The average molecular weight is 331 g/mol. The first-order valence-corrected chi connectivity index (χ1v) is 7.54. The average Bonchev–Trinajstić information content (AvgIpc) is 2.95. The van der Waals surface area contributed by atoms with E-state index in [1.54, 1.807) is 30.6 Å². The fourth-order valence-electron chi connectivity index (χ4n) is 2.18. The topological polar surface area (TPSA) is 68.5 Å². The van der Waals surface area contributed by atoms with Crippen LogP contribution in [0.4, 0.5) is 0 Å². The Morgan fingerprint density at radius 1 is 1.35 bits per heavy atom. The highest BCUT2D eigenvalue weighted by molar-refractivity contribution is 6.30. The molecule has 118 valence electrons. The molecular formula is C16H15ClN4O2. The molecule has 3 heterocycles. The third-order valence-electron chi connectivity index (χ3n) is 3.19. The van der Waals surface area contributed by atoms with Gasteiger partial charge in [0.05, 0.1) is 23.9 Å². The van der Waals surface area contributed by atoms with Gasteiger partial charge in [0, 0.05) is 18.6 Å². The molecule has 0 spiro atoms. The number of imidazole rings is 1. The number of rotatable bonds is 5. The van der Waals surface area contributed by atoms with E-state index in [-0.39, 0.29) is 5.91 Å². The van der Waals surface area contributed by atoms with Gasteiger partial charge in [-0.1, -0.05) is 11.6 Å². The van der Waals surface area contributed by atoms with Gasteiger partial charge in [0.25, 0.3) is 5.91 Å². The first-order chi connectivity index (χ1) is 11.2. The van der Waals surface area contributed by atoms with Crippen LogP contribution in [0.5, 0.6) is 5.88 Å². The van der Waals surface area contributed by atoms with Crippen LogP contribution < -0.4 is 10.1 Å². The van der Waals surface area contributed by atoms with Crippen LogP contribution in [0.1, 0.15) is 23.0 Å². The van der Waals surface area contributed by atoms with Crippen molar-refractivity contribution < 1.29 is 9.53 Å². The molecule has 0 aliphatic heterocycles. The number of pyridine rings is 2. The molecule has 0 radical (unpaired) electrons. The van der Waals surface area contributed by atoms with Crippen LogP contribution in [0.3, 0.4) is 0 Å². The Labute approximate surface area is 138 Å². The molecule has 0 bridgehead atoms. The molecule has 0 saturated heterocycles. The molecule has 7 heteroatoms. The monoisotopic (exact) mass is 330 g/mol. The summed E-state index contributed by atoms with van der Waals surface area (Å²) in [7, 11) is 0. The second-order valence-corrected chi connectivity index (χ2v) is 5.25. The van der Waals surface area contributed by atoms with Crippen LogP contribution in [-0.4, -0.2) is 26.9 Å². The van der Waals surface area contributed by atoms with Crippen LogP contribution in [-0.2, 0) is 6.54 Å². The number of nitrogens with zero attached hydrogens (tertiary/aromatic N) is 3. The minimum atomic E-state index is -0.253. The van der Waals surface area contributed by atoms with Crippen molar-refractivity contribution in [3.8, 4) is 5.88 Å². The van der Waals surface area contributed by atoms with E-state index in [1.165, 1.54) is 0 Å². The number of hydrogen-bond donors (Lipinski definition) is 1. The summed E-state index contributed by atoms with van der Waals surface area (Å²) in [5.74, 6) is 0.0749. The molecule has 3 rings (SSSR count). The van der Waals surface area contributed by atoms with E-state index in [0.717, 1.165) is 11.3 Å². The lowest BCUT2D eigenvalue weighted by atomic mass is 10.2. The molecule has 0 saturated carbocycles. The summed E-state index contributed by atoms with van der Waals surface area (Å²) >= 11 is 5.94. The predicted octanol–water partition coefficient (Wildman–Crippen LogP) is 2.71. The van der Waals surface area contributed by atoms with Gasteiger partial charge in [-0.15, -0.1) is 0 Å². The Hall–Kier alpha value is -2.60. The first kappa shape index (κ1) is 15.3. The number of carbonyl (C=O) groups is 1. The van der Waals surface area contributed by atoms with Crippen LogP contribution in [0.25, 0.3) is 5.65 Å². The fraction of sp³-hybridized carbons (Fsp3) is 0.188. The quantitative estimate of drug-likeness (QED) is 0.781. The molecule has 1 N–H and O–H groups in total. The number of hydrogen-bond acceptors (Lipinski definition) is 4. The van der Waals surface area contributed by atoms with Crippen LogP contribution in [0.2, 0.25) is 5.02 Å². The molecule has 1 amide bonds. The van der Waals surface area contributed by atoms with Crippen LogP contribution >= 0.6 is 11.6 Å². The van der Waals surface area contributed by atoms with E-state index in [9.17, 15) is 4.79 Å². The Bertz CT molecular complexity index is 847. The number of fused-ring (bicyclic) bond motifs is 1. The standard InChI is InChI=1S/C16H15ClN4O2/c1-2-23-16-13(4-3-7-18-16)15(22)19-8-12-10-21-9-11(17)5-6-14(21)20-12/h3-7,9-10H,2,8H2,1H3,(H,19,22). The molecule has 0 atom stereocenters. The molecule has 3 aromatic heterocycles. The van der Waals surface area contributed by atoms with E-state index in [4.69, 9.17) is 16.3 Å². The van der Waals surface area contributed by atoms with Crippen molar-refractivity contribution in [1.29, 1.82) is 0 Å². The smallest absolute Gasteiger partial charge is 0.257 e. The molecule has 0 unspecified atom stereocenters. The van der Waals surface area contributed by atoms with Crippen molar-refractivity contribution >= 4 is 23.2 Å². The zero-order valence-corrected chi connectivity index (χ0v) is 13.2. The molecule has 6 nitrogen and oxygen atoms in total.